The number of likely N-dealkylation sites (tertiary alicyclic amines) is 1. The van der Waals surface area contributed by atoms with E-state index < -0.39 is 6.10 Å². The lowest BCUT2D eigenvalue weighted by molar-refractivity contribution is 0.0824. The number of aromatic nitrogens is 2. The lowest BCUT2D eigenvalue weighted by Crippen LogP contribution is -2.35. The Balaban J connectivity index is 1.69. The molecule has 0 aromatic carbocycles. The van der Waals surface area contributed by atoms with Crippen molar-refractivity contribution in [3.63, 3.8) is 0 Å². The third-order valence-electron chi connectivity index (χ3n) is 4.90. The monoisotopic (exact) mass is 317 g/mol. The molecule has 2 unspecified atom stereocenters. The first kappa shape index (κ1) is 16.3. The zero-order valence-corrected chi connectivity index (χ0v) is 14.1. The molecule has 1 aliphatic rings. The van der Waals surface area contributed by atoms with Gasteiger partial charge in [-0.25, -0.2) is 0 Å². The lowest BCUT2D eigenvalue weighted by Gasteiger charge is -2.30. The minimum atomic E-state index is -0.527. The predicted molar refractivity (Wildman–Crippen MR) is 88.9 cm³/mol. The normalized spacial score (nSPS) is 21.3. The predicted octanol–water partition coefficient (Wildman–Crippen LogP) is 3.19. The highest BCUT2D eigenvalue weighted by Crippen LogP contribution is 2.27. The first-order valence-electron chi connectivity index (χ1n) is 8.58. The van der Waals surface area contributed by atoms with E-state index in [0.29, 0.717) is 11.8 Å². The van der Waals surface area contributed by atoms with Crippen LogP contribution in [0.2, 0.25) is 0 Å². The van der Waals surface area contributed by atoms with E-state index >= 15 is 0 Å². The van der Waals surface area contributed by atoms with Crippen LogP contribution in [0.15, 0.2) is 28.9 Å². The highest BCUT2D eigenvalue weighted by atomic mass is 16.4. The number of aliphatic hydroxyl groups excluding tert-OH is 1. The number of aliphatic hydroxyl groups is 1. The average molecular weight is 317 g/mol. The Hall–Kier alpha value is -1.59. The summed E-state index contributed by atoms with van der Waals surface area (Å²) in [5.41, 5.74) is 2.30. The molecule has 2 aromatic rings. The fourth-order valence-corrected chi connectivity index (χ4v) is 3.49. The van der Waals surface area contributed by atoms with E-state index in [9.17, 15) is 5.11 Å². The van der Waals surface area contributed by atoms with Gasteiger partial charge < -0.3 is 9.52 Å². The van der Waals surface area contributed by atoms with Gasteiger partial charge in [-0.15, -0.1) is 0 Å². The maximum atomic E-state index is 10.4. The van der Waals surface area contributed by atoms with Crippen molar-refractivity contribution in [3.05, 3.63) is 41.6 Å². The summed E-state index contributed by atoms with van der Waals surface area (Å²) < 4.78 is 7.29. The number of hydrogen-bond donors (Lipinski definition) is 1. The average Bonchev–Trinajstić information content (AvgIpc) is 3.10. The van der Waals surface area contributed by atoms with Gasteiger partial charge in [0.1, 0.15) is 11.9 Å². The molecule has 1 fully saturated rings. The molecule has 2 atom stereocenters. The van der Waals surface area contributed by atoms with E-state index in [-0.39, 0.29) is 0 Å². The summed E-state index contributed by atoms with van der Waals surface area (Å²) in [4.78, 5) is 2.49. The first-order valence-corrected chi connectivity index (χ1v) is 8.58. The van der Waals surface area contributed by atoms with Crippen molar-refractivity contribution in [3.8, 4) is 0 Å². The van der Waals surface area contributed by atoms with E-state index in [0.717, 1.165) is 31.6 Å². The smallest absolute Gasteiger partial charge is 0.132 e. The van der Waals surface area contributed by atoms with Gasteiger partial charge >= 0.3 is 0 Å². The fourth-order valence-electron chi connectivity index (χ4n) is 3.49. The molecule has 0 amide bonds. The summed E-state index contributed by atoms with van der Waals surface area (Å²) in [6, 6.07) is 6.22. The van der Waals surface area contributed by atoms with Crippen LogP contribution in [0, 0.1) is 6.92 Å². The van der Waals surface area contributed by atoms with Gasteiger partial charge in [-0.3, -0.25) is 9.58 Å². The molecule has 0 aliphatic carbocycles. The van der Waals surface area contributed by atoms with Crippen molar-refractivity contribution in [2.75, 3.05) is 6.54 Å². The van der Waals surface area contributed by atoms with Crippen molar-refractivity contribution in [2.45, 2.75) is 57.7 Å². The third-order valence-corrected chi connectivity index (χ3v) is 4.90. The van der Waals surface area contributed by atoms with Crippen LogP contribution in [0.1, 0.15) is 55.4 Å². The Morgan fingerprint density at radius 3 is 2.96 bits per heavy atom. The van der Waals surface area contributed by atoms with Crippen LogP contribution < -0.4 is 0 Å². The second kappa shape index (κ2) is 7.32. The molecule has 0 spiro atoms. The molecule has 0 bridgehead atoms. The van der Waals surface area contributed by atoms with Gasteiger partial charge in [-0.1, -0.05) is 12.8 Å². The van der Waals surface area contributed by atoms with E-state index in [1.807, 2.05) is 23.9 Å². The van der Waals surface area contributed by atoms with Gasteiger partial charge in [0.15, 0.2) is 0 Å². The minimum Gasteiger partial charge on any atom is -0.467 e. The molecular formula is C18H27N3O2. The number of hydrogen-bond acceptors (Lipinski definition) is 4. The summed E-state index contributed by atoms with van der Waals surface area (Å²) in [7, 11) is 1.99. The van der Waals surface area contributed by atoms with Crippen LogP contribution in [0.3, 0.4) is 0 Å². The van der Waals surface area contributed by atoms with Gasteiger partial charge in [-0.2, -0.15) is 5.10 Å². The zero-order chi connectivity index (χ0) is 16.2. The molecule has 3 heterocycles. The number of nitrogens with zero attached hydrogens (tertiary/aromatic N) is 3. The largest absolute Gasteiger partial charge is 0.467 e. The topological polar surface area (TPSA) is 54.4 Å². The third kappa shape index (κ3) is 4.03. The molecule has 23 heavy (non-hydrogen) atoms. The van der Waals surface area contributed by atoms with Gasteiger partial charge in [-0.05, 0) is 50.9 Å². The molecule has 5 heteroatoms. The number of furan rings is 1. The Bertz CT molecular complexity index is 586. The van der Waals surface area contributed by atoms with E-state index in [2.05, 4.69) is 23.0 Å². The van der Waals surface area contributed by atoms with Gasteiger partial charge in [0.05, 0.1) is 12.0 Å². The second-order valence-corrected chi connectivity index (χ2v) is 6.64. The summed E-state index contributed by atoms with van der Waals surface area (Å²) in [5, 5.41) is 15.0. The second-order valence-electron chi connectivity index (χ2n) is 6.64. The van der Waals surface area contributed by atoms with Crippen LogP contribution in [0.5, 0.6) is 0 Å². The molecule has 2 aromatic heterocycles. The number of rotatable bonds is 5. The van der Waals surface area contributed by atoms with Crippen LogP contribution in [0.25, 0.3) is 0 Å². The highest BCUT2D eigenvalue weighted by molar-refractivity contribution is 5.09. The number of aryl methyl sites for hydroxylation is 2. The fraction of sp³-hybridized carbons (Fsp3) is 0.611. The summed E-state index contributed by atoms with van der Waals surface area (Å²) in [6.07, 6.45) is 6.67. The maximum Gasteiger partial charge on any atom is 0.132 e. The minimum absolute atomic E-state index is 0.375. The first-order chi connectivity index (χ1) is 11.1. The molecule has 0 radical (unpaired) electrons. The molecule has 1 saturated heterocycles. The summed E-state index contributed by atoms with van der Waals surface area (Å²) in [6.45, 7) is 4.01. The molecule has 1 aliphatic heterocycles. The van der Waals surface area contributed by atoms with Crippen molar-refractivity contribution in [1.29, 1.82) is 0 Å². The van der Waals surface area contributed by atoms with Crippen LogP contribution in [-0.4, -0.2) is 32.4 Å². The molecular weight excluding hydrogens is 290 g/mol. The van der Waals surface area contributed by atoms with Crippen LogP contribution in [0.4, 0.5) is 0 Å². The Labute approximate surface area is 137 Å². The van der Waals surface area contributed by atoms with Gasteiger partial charge in [0.2, 0.25) is 0 Å². The molecule has 0 saturated carbocycles. The molecule has 3 rings (SSSR count). The molecule has 5 nitrogen and oxygen atoms in total. The quantitative estimate of drug-likeness (QED) is 0.920. The maximum absolute atomic E-state index is 10.4. The van der Waals surface area contributed by atoms with E-state index in [1.165, 1.54) is 25.0 Å². The van der Waals surface area contributed by atoms with E-state index in [1.54, 1.807) is 6.26 Å². The van der Waals surface area contributed by atoms with Gasteiger partial charge in [0, 0.05) is 25.3 Å². The van der Waals surface area contributed by atoms with Crippen molar-refractivity contribution in [2.24, 2.45) is 7.05 Å². The van der Waals surface area contributed by atoms with Crippen LogP contribution in [-0.2, 0) is 13.6 Å². The van der Waals surface area contributed by atoms with Crippen molar-refractivity contribution >= 4 is 0 Å². The Morgan fingerprint density at radius 2 is 2.26 bits per heavy atom. The van der Waals surface area contributed by atoms with Crippen LogP contribution >= 0.6 is 0 Å². The van der Waals surface area contributed by atoms with Crippen molar-refractivity contribution in [1.82, 2.24) is 14.7 Å². The Morgan fingerprint density at radius 1 is 1.39 bits per heavy atom. The SMILES string of the molecule is Cc1cc(CN2CCCCCC2CC(O)c2ccco2)nn1C. The lowest BCUT2D eigenvalue weighted by atomic mass is 10.0. The van der Waals surface area contributed by atoms with Gasteiger partial charge in [0.25, 0.3) is 0 Å². The highest BCUT2D eigenvalue weighted by Gasteiger charge is 2.26. The van der Waals surface area contributed by atoms with Crippen molar-refractivity contribution < 1.29 is 9.52 Å². The summed E-state index contributed by atoms with van der Waals surface area (Å²) in [5.74, 6) is 0.669. The zero-order valence-electron chi connectivity index (χ0n) is 14.1. The Kier molecular flexibility index (Phi) is 5.18. The molecule has 1 N–H and O–H groups in total. The van der Waals surface area contributed by atoms with E-state index in [4.69, 9.17) is 4.42 Å². The summed E-state index contributed by atoms with van der Waals surface area (Å²) >= 11 is 0. The molecule has 126 valence electrons. The standard InChI is InChI=1S/C18H27N3O2/c1-14-11-15(19-20(14)2)13-21-9-5-3-4-7-16(21)12-17(22)18-8-6-10-23-18/h6,8,10-11,16-17,22H,3-5,7,9,12-13H2,1-2H3.